The molecule has 106 valence electrons. The van der Waals surface area contributed by atoms with Crippen LogP contribution in [0.1, 0.15) is 25.7 Å². The second kappa shape index (κ2) is 6.75. The van der Waals surface area contributed by atoms with Crippen LogP contribution in [0.15, 0.2) is 0 Å². The molecule has 19 heavy (non-hydrogen) atoms. The maximum Gasteiger partial charge on any atom is 0.324 e. The summed E-state index contributed by atoms with van der Waals surface area (Å²) in [7, 11) is 3.06. The van der Waals surface area contributed by atoms with Crippen molar-refractivity contribution in [2.75, 3.05) is 31.5 Å². The molecule has 0 unspecified atom stereocenters. The third-order valence-electron chi connectivity index (χ3n) is 3.30. The van der Waals surface area contributed by atoms with Gasteiger partial charge in [0, 0.05) is 18.5 Å². The van der Waals surface area contributed by atoms with Crippen LogP contribution in [0.3, 0.4) is 0 Å². The van der Waals surface area contributed by atoms with E-state index in [2.05, 4.69) is 19.9 Å². The zero-order valence-electron chi connectivity index (χ0n) is 11.3. The molecule has 0 spiro atoms. The van der Waals surface area contributed by atoms with Crippen LogP contribution in [-0.2, 0) is 0 Å². The Labute approximate surface area is 118 Å². The summed E-state index contributed by atoms with van der Waals surface area (Å²) in [6.45, 7) is 0.711. The molecule has 0 aliphatic heterocycles. The number of methoxy groups -OCH3 is 2. The molecule has 1 heterocycles. The molecule has 0 amide bonds. The highest BCUT2D eigenvalue weighted by Crippen LogP contribution is 2.27. The number of aromatic nitrogens is 3. The summed E-state index contributed by atoms with van der Waals surface area (Å²) < 4.78 is 10.2. The first-order chi connectivity index (χ1) is 9.28. The van der Waals surface area contributed by atoms with Gasteiger partial charge < -0.3 is 14.4 Å². The fraction of sp³-hybridized carbons (Fsp3) is 0.750. The Morgan fingerprint density at radius 3 is 2.16 bits per heavy atom. The van der Waals surface area contributed by atoms with Crippen molar-refractivity contribution in [3.05, 3.63) is 0 Å². The predicted molar refractivity (Wildman–Crippen MR) is 73.3 cm³/mol. The molecular weight excluding hydrogens is 268 g/mol. The smallest absolute Gasteiger partial charge is 0.324 e. The number of anilines is 1. The van der Waals surface area contributed by atoms with Gasteiger partial charge in [0.15, 0.2) is 0 Å². The van der Waals surface area contributed by atoms with Gasteiger partial charge in [-0.1, -0.05) is 12.8 Å². The van der Waals surface area contributed by atoms with Crippen molar-refractivity contribution >= 4 is 17.5 Å². The maximum absolute atomic E-state index is 5.90. The molecule has 6 nitrogen and oxygen atoms in total. The van der Waals surface area contributed by atoms with Crippen LogP contribution in [-0.4, -0.2) is 47.6 Å². The van der Waals surface area contributed by atoms with Crippen molar-refractivity contribution in [2.45, 2.75) is 31.7 Å². The summed E-state index contributed by atoms with van der Waals surface area (Å²) in [5.74, 6) is 1.11. The zero-order valence-corrected chi connectivity index (χ0v) is 12.1. The normalized spacial score (nSPS) is 15.5. The van der Waals surface area contributed by atoms with Crippen LogP contribution in [0.2, 0.25) is 0 Å². The summed E-state index contributed by atoms with van der Waals surface area (Å²) in [5.41, 5.74) is 0. The molecule has 7 heteroatoms. The molecule has 2 rings (SSSR count). The Kier molecular flexibility index (Phi) is 5.01. The van der Waals surface area contributed by atoms with Crippen LogP contribution in [0.5, 0.6) is 12.0 Å². The van der Waals surface area contributed by atoms with Crippen molar-refractivity contribution in [1.82, 2.24) is 15.0 Å². The molecule has 0 aromatic carbocycles. The monoisotopic (exact) mass is 286 g/mol. The Morgan fingerprint density at radius 2 is 1.68 bits per heavy atom. The van der Waals surface area contributed by atoms with Crippen LogP contribution in [0, 0.1) is 0 Å². The van der Waals surface area contributed by atoms with Crippen LogP contribution in [0.4, 0.5) is 5.95 Å². The van der Waals surface area contributed by atoms with Crippen molar-refractivity contribution in [2.24, 2.45) is 0 Å². The number of rotatable bonds is 6. The van der Waals surface area contributed by atoms with E-state index in [1.54, 1.807) is 0 Å². The molecule has 0 radical (unpaired) electrons. The van der Waals surface area contributed by atoms with Crippen LogP contribution >= 0.6 is 11.6 Å². The average molecular weight is 287 g/mol. The molecule has 0 atom stereocenters. The quantitative estimate of drug-likeness (QED) is 0.744. The van der Waals surface area contributed by atoms with Crippen molar-refractivity contribution in [3.63, 3.8) is 0 Å². The first-order valence-corrected chi connectivity index (χ1v) is 6.98. The van der Waals surface area contributed by atoms with E-state index < -0.39 is 0 Å². The first-order valence-electron chi connectivity index (χ1n) is 6.45. The van der Waals surface area contributed by atoms with Gasteiger partial charge in [-0.05, 0) is 12.8 Å². The molecule has 0 N–H and O–H groups in total. The van der Waals surface area contributed by atoms with Crippen molar-refractivity contribution in [1.29, 1.82) is 0 Å². The summed E-state index contributed by atoms with van der Waals surface area (Å²) in [5, 5.41) is 0. The maximum atomic E-state index is 5.90. The lowest BCUT2D eigenvalue weighted by atomic mass is 10.2. The second-order valence-corrected chi connectivity index (χ2v) is 4.81. The zero-order chi connectivity index (χ0) is 13.7. The lowest BCUT2D eigenvalue weighted by Gasteiger charge is -2.28. The largest absolute Gasteiger partial charge is 0.467 e. The Balaban J connectivity index is 2.28. The standard InChI is InChI=1S/C12H19ClN4O2/c1-18-11-14-10(15-12(16-11)19-2)17(8-7-13)9-5-3-4-6-9/h9H,3-8H2,1-2H3. The Hall–Kier alpha value is -1.30. The van der Waals surface area contributed by atoms with Gasteiger partial charge in [-0.15, -0.1) is 16.6 Å². The summed E-state index contributed by atoms with van der Waals surface area (Å²) in [6.07, 6.45) is 4.77. The average Bonchev–Trinajstić information content (AvgIpc) is 2.97. The van der Waals surface area contributed by atoms with Gasteiger partial charge in [0.2, 0.25) is 5.95 Å². The fourth-order valence-electron chi connectivity index (χ4n) is 2.39. The third-order valence-corrected chi connectivity index (χ3v) is 3.46. The number of alkyl halides is 1. The van der Waals surface area contributed by atoms with E-state index in [9.17, 15) is 0 Å². The second-order valence-electron chi connectivity index (χ2n) is 4.43. The highest BCUT2D eigenvalue weighted by atomic mass is 35.5. The van der Waals surface area contributed by atoms with Gasteiger partial charge in [-0.25, -0.2) is 0 Å². The predicted octanol–water partition coefficient (Wildman–Crippen LogP) is 1.88. The molecule has 0 bridgehead atoms. The Morgan fingerprint density at radius 1 is 1.11 bits per heavy atom. The van der Waals surface area contributed by atoms with Crippen molar-refractivity contribution < 1.29 is 9.47 Å². The van der Waals surface area contributed by atoms with Gasteiger partial charge in [-0.2, -0.15) is 9.97 Å². The number of halogens is 1. The summed E-state index contributed by atoms with van der Waals surface area (Å²) >= 11 is 5.90. The molecule has 0 saturated heterocycles. The van der Waals surface area contributed by atoms with Gasteiger partial charge >= 0.3 is 12.0 Å². The lowest BCUT2D eigenvalue weighted by molar-refractivity contribution is 0.339. The molecule has 1 fully saturated rings. The van der Waals surface area contributed by atoms with E-state index in [0.717, 1.165) is 12.8 Å². The van der Waals surface area contributed by atoms with E-state index in [1.807, 2.05) is 0 Å². The van der Waals surface area contributed by atoms with Crippen molar-refractivity contribution in [3.8, 4) is 12.0 Å². The number of ether oxygens (including phenoxy) is 2. The fourth-order valence-corrected chi connectivity index (χ4v) is 2.57. The van der Waals surface area contributed by atoms with E-state index in [1.165, 1.54) is 27.1 Å². The molecule has 1 aliphatic carbocycles. The molecule has 1 aromatic rings. The minimum Gasteiger partial charge on any atom is -0.467 e. The minimum atomic E-state index is 0.263. The van der Waals surface area contributed by atoms with Gasteiger partial charge in [0.25, 0.3) is 0 Å². The first kappa shape index (κ1) is 14.1. The number of hydrogen-bond donors (Lipinski definition) is 0. The summed E-state index contributed by atoms with van der Waals surface area (Å²) in [6, 6.07) is 0.967. The van der Waals surface area contributed by atoms with Crippen LogP contribution < -0.4 is 14.4 Å². The van der Waals surface area contributed by atoms with Gasteiger partial charge in [-0.3, -0.25) is 0 Å². The SMILES string of the molecule is COc1nc(OC)nc(N(CCCl)C2CCCC2)n1. The summed E-state index contributed by atoms with van der Waals surface area (Å²) in [4.78, 5) is 14.8. The highest BCUT2D eigenvalue weighted by molar-refractivity contribution is 6.18. The van der Waals surface area contributed by atoms with E-state index in [0.29, 0.717) is 24.4 Å². The molecule has 1 saturated carbocycles. The minimum absolute atomic E-state index is 0.263. The van der Waals surface area contributed by atoms with E-state index in [-0.39, 0.29) is 12.0 Å². The highest BCUT2D eigenvalue weighted by Gasteiger charge is 2.25. The van der Waals surface area contributed by atoms with Gasteiger partial charge in [0.05, 0.1) is 14.2 Å². The van der Waals surface area contributed by atoms with Gasteiger partial charge in [0.1, 0.15) is 0 Å². The number of hydrogen-bond acceptors (Lipinski definition) is 6. The number of nitrogens with zero attached hydrogens (tertiary/aromatic N) is 4. The Bertz CT molecular complexity index is 390. The van der Waals surface area contributed by atoms with Crippen LogP contribution in [0.25, 0.3) is 0 Å². The van der Waals surface area contributed by atoms with E-state index in [4.69, 9.17) is 21.1 Å². The van der Waals surface area contributed by atoms with E-state index >= 15 is 0 Å². The third kappa shape index (κ3) is 3.37. The molecular formula is C12H19ClN4O2. The molecule has 1 aromatic heterocycles. The lowest BCUT2D eigenvalue weighted by Crippen LogP contribution is -2.36. The molecule has 1 aliphatic rings. The topological polar surface area (TPSA) is 60.4 Å².